The average Bonchev–Trinajstić information content (AvgIpc) is 2.09. The Kier molecular flexibility index (Phi) is 3.74. The highest BCUT2D eigenvalue weighted by atomic mass is 35.5. The fraction of sp³-hybridized carbons (Fsp3) is 0.333. The number of alkyl halides is 1. The lowest BCUT2D eigenvalue weighted by Crippen LogP contribution is -1.92. The van der Waals surface area contributed by atoms with E-state index in [-0.39, 0.29) is 6.07 Å². The Morgan fingerprint density at radius 3 is 2.00 bits per heavy atom. The van der Waals surface area contributed by atoms with Crippen molar-refractivity contribution in [3.8, 4) is 11.5 Å². The number of hydrogen-bond acceptors (Lipinski definition) is 2. The van der Waals surface area contributed by atoms with E-state index in [1.165, 1.54) is 0 Å². The van der Waals surface area contributed by atoms with Crippen LogP contribution in [-0.4, -0.2) is 12.7 Å². The Bertz CT molecular complexity index is 195. The molecule has 0 aromatic heterocycles. The van der Waals surface area contributed by atoms with Gasteiger partial charge in [0.1, 0.15) is 11.5 Å². The Labute approximate surface area is 77.1 Å². The van der Waals surface area contributed by atoms with Gasteiger partial charge in [-0.1, -0.05) is 11.6 Å². The summed E-state index contributed by atoms with van der Waals surface area (Å²) in [5.74, 6) is 1.60. The van der Waals surface area contributed by atoms with Crippen LogP contribution in [0.4, 0.5) is 0 Å². The summed E-state index contributed by atoms with van der Waals surface area (Å²) in [6.45, 7) is 2.62. The topological polar surface area (TPSA) is 18.5 Å². The second-order valence-electron chi connectivity index (χ2n) is 2.16. The standard InChI is InChI=1S/C9H11ClO2/c1-2-11-8-3-5-9(6-4-8)12-7-10/h3-6H,2,7H2,1H3. The molecule has 0 N–H and O–H groups in total. The highest BCUT2D eigenvalue weighted by Crippen LogP contribution is 2.17. The molecule has 3 heteroatoms. The normalized spacial score (nSPS) is 9.50. The zero-order valence-electron chi connectivity index (χ0n) is 6.92. The molecule has 0 atom stereocenters. The van der Waals surface area contributed by atoms with Crippen molar-refractivity contribution >= 4 is 11.6 Å². The van der Waals surface area contributed by atoms with E-state index in [1.54, 1.807) is 0 Å². The van der Waals surface area contributed by atoms with Crippen LogP contribution in [0, 0.1) is 0 Å². The summed E-state index contributed by atoms with van der Waals surface area (Å²) in [6.07, 6.45) is 0. The van der Waals surface area contributed by atoms with Crippen molar-refractivity contribution in [2.45, 2.75) is 6.92 Å². The average molecular weight is 187 g/mol. The molecule has 0 saturated heterocycles. The zero-order chi connectivity index (χ0) is 8.81. The molecule has 12 heavy (non-hydrogen) atoms. The van der Waals surface area contributed by atoms with Gasteiger partial charge in [0.05, 0.1) is 6.61 Å². The molecule has 0 aliphatic heterocycles. The number of benzene rings is 1. The molecule has 0 bridgehead atoms. The summed E-state index contributed by atoms with van der Waals surface area (Å²) in [5.41, 5.74) is 0. The van der Waals surface area contributed by atoms with E-state index in [0.717, 1.165) is 11.5 Å². The fourth-order valence-electron chi connectivity index (χ4n) is 0.862. The number of hydrogen-bond donors (Lipinski definition) is 0. The molecule has 2 nitrogen and oxygen atoms in total. The van der Waals surface area contributed by atoms with Crippen molar-refractivity contribution in [3.63, 3.8) is 0 Å². The van der Waals surface area contributed by atoms with Crippen LogP contribution in [0.25, 0.3) is 0 Å². The summed E-state index contributed by atoms with van der Waals surface area (Å²) in [5, 5.41) is 0. The smallest absolute Gasteiger partial charge is 0.162 e. The highest BCUT2D eigenvalue weighted by molar-refractivity contribution is 6.17. The van der Waals surface area contributed by atoms with Crippen LogP contribution in [0.3, 0.4) is 0 Å². The minimum absolute atomic E-state index is 0.175. The van der Waals surface area contributed by atoms with Gasteiger partial charge in [-0.2, -0.15) is 0 Å². The number of halogens is 1. The van der Waals surface area contributed by atoms with Crippen molar-refractivity contribution in [1.29, 1.82) is 0 Å². The molecule has 1 rings (SSSR count). The molecular formula is C9H11ClO2. The third-order valence-electron chi connectivity index (χ3n) is 1.36. The largest absolute Gasteiger partial charge is 0.494 e. The van der Waals surface area contributed by atoms with Crippen LogP contribution in [-0.2, 0) is 0 Å². The first-order valence-corrected chi connectivity index (χ1v) is 4.32. The van der Waals surface area contributed by atoms with Gasteiger partial charge in [0.15, 0.2) is 6.07 Å². The van der Waals surface area contributed by atoms with Crippen LogP contribution in [0.2, 0.25) is 0 Å². The lowest BCUT2D eigenvalue weighted by molar-refractivity contribution is 0.338. The van der Waals surface area contributed by atoms with Crippen LogP contribution >= 0.6 is 11.6 Å². The van der Waals surface area contributed by atoms with Gasteiger partial charge >= 0.3 is 0 Å². The number of rotatable bonds is 4. The van der Waals surface area contributed by atoms with E-state index >= 15 is 0 Å². The Balaban J connectivity index is 2.58. The first-order valence-electron chi connectivity index (χ1n) is 3.78. The summed E-state index contributed by atoms with van der Waals surface area (Å²) in [7, 11) is 0. The third kappa shape index (κ3) is 2.62. The quantitative estimate of drug-likeness (QED) is 0.674. The fourth-order valence-corrected chi connectivity index (χ4v) is 0.988. The first-order chi connectivity index (χ1) is 5.86. The monoisotopic (exact) mass is 186 g/mol. The maximum atomic E-state index is 5.38. The molecule has 0 aliphatic rings. The van der Waals surface area contributed by atoms with Crippen molar-refractivity contribution in [3.05, 3.63) is 24.3 Å². The predicted molar refractivity (Wildman–Crippen MR) is 49.0 cm³/mol. The second-order valence-corrected chi connectivity index (χ2v) is 2.38. The molecule has 66 valence electrons. The van der Waals surface area contributed by atoms with Gasteiger partial charge in [-0.3, -0.25) is 0 Å². The van der Waals surface area contributed by atoms with E-state index in [2.05, 4.69) is 0 Å². The molecule has 0 amide bonds. The van der Waals surface area contributed by atoms with E-state index in [1.807, 2.05) is 31.2 Å². The minimum Gasteiger partial charge on any atom is -0.494 e. The van der Waals surface area contributed by atoms with E-state index in [9.17, 15) is 0 Å². The molecule has 0 unspecified atom stereocenters. The summed E-state index contributed by atoms with van der Waals surface area (Å²) < 4.78 is 10.3. The van der Waals surface area contributed by atoms with Crippen LogP contribution in [0.5, 0.6) is 11.5 Å². The van der Waals surface area contributed by atoms with Gasteiger partial charge in [0, 0.05) is 0 Å². The molecule has 0 heterocycles. The SMILES string of the molecule is CCOc1ccc(OCCl)cc1. The van der Waals surface area contributed by atoms with Crippen molar-refractivity contribution < 1.29 is 9.47 Å². The maximum absolute atomic E-state index is 5.38. The number of ether oxygens (including phenoxy) is 2. The van der Waals surface area contributed by atoms with Crippen molar-refractivity contribution in [1.82, 2.24) is 0 Å². The van der Waals surface area contributed by atoms with Crippen molar-refractivity contribution in [2.24, 2.45) is 0 Å². The molecule has 0 aliphatic carbocycles. The lowest BCUT2D eigenvalue weighted by Gasteiger charge is -2.04. The molecule has 0 spiro atoms. The van der Waals surface area contributed by atoms with Gasteiger partial charge in [0.2, 0.25) is 0 Å². The molecule has 0 saturated carbocycles. The minimum atomic E-state index is 0.175. The third-order valence-corrected chi connectivity index (χ3v) is 1.47. The molecule has 1 aromatic carbocycles. The van der Waals surface area contributed by atoms with Crippen LogP contribution in [0.1, 0.15) is 6.92 Å². The first kappa shape index (κ1) is 9.20. The van der Waals surface area contributed by atoms with E-state index < -0.39 is 0 Å². The van der Waals surface area contributed by atoms with Gasteiger partial charge in [-0.05, 0) is 31.2 Å². The van der Waals surface area contributed by atoms with Gasteiger partial charge < -0.3 is 9.47 Å². The second kappa shape index (κ2) is 4.88. The zero-order valence-corrected chi connectivity index (χ0v) is 7.67. The van der Waals surface area contributed by atoms with Crippen LogP contribution in [0.15, 0.2) is 24.3 Å². The lowest BCUT2D eigenvalue weighted by atomic mass is 10.3. The van der Waals surface area contributed by atoms with Gasteiger partial charge in [0.25, 0.3) is 0 Å². The Morgan fingerprint density at radius 2 is 1.58 bits per heavy atom. The summed E-state index contributed by atoms with van der Waals surface area (Å²) >= 11 is 5.38. The predicted octanol–water partition coefficient (Wildman–Crippen LogP) is 2.66. The maximum Gasteiger partial charge on any atom is 0.162 e. The molecule has 1 aromatic rings. The van der Waals surface area contributed by atoms with Gasteiger partial charge in [-0.25, -0.2) is 0 Å². The molecular weight excluding hydrogens is 176 g/mol. The van der Waals surface area contributed by atoms with Gasteiger partial charge in [-0.15, -0.1) is 0 Å². The Morgan fingerprint density at radius 1 is 1.08 bits per heavy atom. The van der Waals surface area contributed by atoms with Crippen LogP contribution < -0.4 is 9.47 Å². The van der Waals surface area contributed by atoms with E-state index in [0.29, 0.717) is 6.61 Å². The molecule has 0 fully saturated rings. The summed E-state index contributed by atoms with van der Waals surface area (Å²) in [4.78, 5) is 0. The molecule has 0 radical (unpaired) electrons. The van der Waals surface area contributed by atoms with E-state index in [4.69, 9.17) is 21.1 Å². The Hall–Kier alpha value is -0.890. The summed E-state index contributed by atoms with van der Waals surface area (Å²) in [6, 6.07) is 7.53. The highest BCUT2D eigenvalue weighted by Gasteiger charge is 1.93. The van der Waals surface area contributed by atoms with Crippen molar-refractivity contribution in [2.75, 3.05) is 12.7 Å².